The van der Waals surface area contributed by atoms with Crippen LogP contribution in [0.1, 0.15) is 46.1 Å². The Labute approximate surface area is 192 Å². The maximum absolute atomic E-state index is 13.0. The summed E-state index contributed by atoms with van der Waals surface area (Å²) in [5.41, 5.74) is 2.31. The number of aryl methyl sites for hydroxylation is 1. The second-order valence-electron chi connectivity index (χ2n) is 7.92. The summed E-state index contributed by atoms with van der Waals surface area (Å²) in [7, 11) is 0. The smallest absolute Gasteiger partial charge is 0.422 e. The lowest BCUT2D eigenvalue weighted by atomic mass is 9.97. The molecular weight excluding hydrogens is 449 g/mol. The van der Waals surface area contributed by atoms with E-state index in [0.29, 0.717) is 27.9 Å². The second-order valence-corrected chi connectivity index (χ2v) is 7.92. The molecule has 3 aromatic rings. The summed E-state index contributed by atoms with van der Waals surface area (Å²) in [5, 5.41) is 21.5. The Balaban J connectivity index is 1.79. The highest BCUT2D eigenvalue weighted by molar-refractivity contribution is 5.92. The van der Waals surface area contributed by atoms with Crippen LogP contribution in [-0.4, -0.2) is 33.8 Å². The molecule has 10 heteroatoms. The van der Waals surface area contributed by atoms with Gasteiger partial charge in [-0.2, -0.15) is 18.4 Å². The van der Waals surface area contributed by atoms with Crippen molar-refractivity contribution in [2.45, 2.75) is 31.9 Å². The molecule has 1 saturated carbocycles. The van der Waals surface area contributed by atoms with E-state index in [-0.39, 0.29) is 28.9 Å². The predicted molar refractivity (Wildman–Crippen MR) is 117 cm³/mol. The third-order valence-electron chi connectivity index (χ3n) is 5.28. The number of aromatic carboxylic acids is 1. The number of benzene rings is 2. The SMILES string of the molecule is Cc1cc(C#N)ccc1-c1cccc(Nc2ncc(C3CC3)nc2C(=O)O)c1OCC(F)(F)F. The summed E-state index contributed by atoms with van der Waals surface area (Å²) in [5.74, 6) is -1.37. The van der Waals surface area contributed by atoms with Gasteiger partial charge >= 0.3 is 12.1 Å². The molecule has 0 spiro atoms. The number of ether oxygens (including phenoxy) is 1. The first-order chi connectivity index (χ1) is 16.2. The van der Waals surface area contributed by atoms with Gasteiger partial charge in [0, 0.05) is 11.5 Å². The number of anilines is 2. The molecule has 4 rings (SSSR count). The average Bonchev–Trinajstić information content (AvgIpc) is 3.63. The molecule has 0 atom stereocenters. The minimum atomic E-state index is -4.60. The molecule has 1 aliphatic carbocycles. The van der Waals surface area contributed by atoms with E-state index in [1.54, 1.807) is 37.3 Å². The summed E-state index contributed by atoms with van der Waals surface area (Å²) in [6.07, 6.45) is -1.32. The van der Waals surface area contributed by atoms with Gasteiger partial charge in [-0.25, -0.2) is 14.8 Å². The number of aromatic nitrogens is 2. The van der Waals surface area contributed by atoms with Crippen LogP contribution in [0.3, 0.4) is 0 Å². The molecule has 1 aliphatic rings. The lowest BCUT2D eigenvalue weighted by Crippen LogP contribution is -2.20. The van der Waals surface area contributed by atoms with Crippen LogP contribution in [0, 0.1) is 18.3 Å². The number of halogens is 3. The first-order valence-corrected chi connectivity index (χ1v) is 10.4. The van der Waals surface area contributed by atoms with Gasteiger partial charge in [-0.3, -0.25) is 0 Å². The standard InChI is InChI=1S/C24H19F3N4O3/c1-13-9-14(10-28)5-8-16(13)17-3-2-4-18(21(17)34-12-24(25,26)27)31-22-20(23(32)33)30-19(11-29-22)15-6-7-15/h2-5,8-9,11,15H,6-7,12H2,1H3,(H,29,31)(H,32,33). The third kappa shape index (κ3) is 5.09. The van der Waals surface area contributed by atoms with Crippen molar-refractivity contribution >= 4 is 17.5 Å². The average molecular weight is 468 g/mol. The first kappa shape index (κ1) is 23.0. The van der Waals surface area contributed by atoms with E-state index in [4.69, 9.17) is 10.00 Å². The largest absolute Gasteiger partial charge is 0.481 e. The highest BCUT2D eigenvalue weighted by Gasteiger charge is 2.31. The molecular formula is C24H19F3N4O3. The summed E-state index contributed by atoms with van der Waals surface area (Å²) in [4.78, 5) is 20.2. The van der Waals surface area contributed by atoms with Crippen LogP contribution in [0.5, 0.6) is 5.75 Å². The van der Waals surface area contributed by atoms with Gasteiger partial charge in [0.1, 0.15) is 0 Å². The molecule has 34 heavy (non-hydrogen) atoms. The maximum Gasteiger partial charge on any atom is 0.422 e. The summed E-state index contributed by atoms with van der Waals surface area (Å²) in [6.45, 7) is 0.181. The predicted octanol–water partition coefficient (Wildman–Crippen LogP) is 5.58. The highest BCUT2D eigenvalue weighted by Crippen LogP contribution is 2.42. The van der Waals surface area contributed by atoms with Crippen LogP contribution in [0.15, 0.2) is 42.6 Å². The Bertz CT molecular complexity index is 1300. The van der Waals surface area contributed by atoms with Gasteiger partial charge in [-0.1, -0.05) is 18.2 Å². The number of alkyl halides is 3. The van der Waals surface area contributed by atoms with Crippen molar-refractivity contribution in [1.82, 2.24) is 9.97 Å². The van der Waals surface area contributed by atoms with Crippen LogP contribution < -0.4 is 10.1 Å². The maximum atomic E-state index is 13.0. The Morgan fingerprint density at radius 2 is 2.03 bits per heavy atom. The number of hydrogen-bond acceptors (Lipinski definition) is 6. The zero-order valence-corrected chi connectivity index (χ0v) is 18.0. The lowest BCUT2D eigenvalue weighted by molar-refractivity contribution is -0.153. The van der Waals surface area contributed by atoms with Gasteiger partial charge in [-0.05, 0) is 49.1 Å². The molecule has 0 amide bonds. The molecule has 2 N–H and O–H groups in total. The molecule has 1 heterocycles. The van der Waals surface area contributed by atoms with E-state index in [9.17, 15) is 23.1 Å². The lowest BCUT2D eigenvalue weighted by Gasteiger charge is -2.19. The van der Waals surface area contributed by atoms with E-state index < -0.39 is 18.8 Å². The molecule has 0 radical (unpaired) electrons. The highest BCUT2D eigenvalue weighted by atomic mass is 19.4. The zero-order valence-electron chi connectivity index (χ0n) is 18.0. The Kier molecular flexibility index (Phi) is 6.11. The van der Waals surface area contributed by atoms with Crippen molar-refractivity contribution in [3.05, 3.63) is 65.1 Å². The monoisotopic (exact) mass is 468 g/mol. The van der Waals surface area contributed by atoms with Crippen molar-refractivity contribution in [3.8, 4) is 22.9 Å². The van der Waals surface area contributed by atoms with Crippen LogP contribution in [-0.2, 0) is 0 Å². The number of nitriles is 1. The third-order valence-corrected chi connectivity index (χ3v) is 5.28. The number of nitrogens with one attached hydrogen (secondary N) is 1. The van der Waals surface area contributed by atoms with Crippen molar-refractivity contribution in [2.75, 3.05) is 11.9 Å². The number of hydrogen-bond donors (Lipinski definition) is 2. The molecule has 0 unspecified atom stereocenters. The topological polar surface area (TPSA) is 108 Å². The molecule has 0 saturated heterocycles. The van der Waals surface area contributed by atoms with E-state index >= 15 is 0 Å². The number of rotatable bonds is 7. The van der Waals surface area contributed by atoms with E-state index in [1.165, 1.54) is 12.3 Å². The van der Waals surface area contributed by atoms with Gasteiger partial charge in [0.25, 0.3) is 0 Å². The molecule has 174 valence electrons. The molecule has 0 bridgehead atoms. The fourth-order valence-electron chi connectivity index (χ4n) is 3.54. The molecule has 7 nitrogen and oxygen atoms in total. The zero-order chi connectivity index (χ0) is 24.5. The van der Waals surface area contributed by atoms with E-state index in [0.717, 1.165) is 12.8 Å². The van der Waals surface area contributed by atoms with Crippen molar-refractivity contribution in [2.24, 2.45) is 0 Å². The first-order valence-electron chi connectivity index (χ1n) is 10.4. The van der Waals surface area contributed by atoms with Crippen LogP contribution in [0.4, 0.5) is 24.7 Å². The fraction of sp³-hybridized carbons (Fsp3) is 0.250. The normalized spacial score (nSPS) is 13.3. The number of carboxylic acids is 1. The quantitative estimate of drug-likeness (QED) is 0.466. The number of carboxylic acid groups (broad SMARTS) is 1. The van der Waals surface area contributed by atoms with Crippen LogP contribution in [0.25, 0.3) is 11.1 Å². The molecule has 1 fully saturated rings. The van der Waals surface area contributed by atoms with Gasteiger partial charge in [0.15, 0.2) is 23.9 Å². The Morgan fingerprint density at radius 1 is 1.26 bits per heavy atom. The van der Waals surface area contributed by atoms with Crippen LogP contribution >= 0.6 is 0 Å². The minimum Gasteiger partial charge on any atom is -0.481 e. The Hall–Kier alpha value is -4.13. The van der Waals surface area contributed by atoms with E-state index in [2.05, 4.69) is 15.3 Å². The fourth-order valence-corrected chi connectivity index (χ4v) is 3.54. The van der Waals surface area contributed by atoms with Gasteiger partial charge in [-0.15, -0.1) is 0 Å². The minimum absolute atomic E-state index is 0.0986. The number of carbonyl (C=O) groups is 1. The molecule has 1 aromatic heterocycles. The van der Waals surface area contributed by atoms with Gasteiger partial charge in [0.2, 0.25) is 0 Å². The van der Waals surface area contributed by atoms with Crippen molar-refractivity contribution in [1.29, 1.82) is 5.26 Å². The summed E-state index contributed by atoms with van der Waals surface area (Å²) < 4.78 is 44.3. The number of nitrogens with zero attached hydrogens (tertiary/aromatic N) is 3. The van der Waals surface area contributed by atoms with Gasteiger partial charge < -0.3 is 15.2 Å². The number of para-hydroxylation sites is 1. The Morgan fingerprint density at radius 3 is 2.65 bits per heavy atom. The molecule has 2 aromatic carbocycles. The van der Waals surface area contributed by atoms with Gasteiger partial charge in [0.05, 0.1) is 29.2 Å². The van der Waals surface area contributed by atoms with Crippen molar-refractivity contribution < 1.29 is 27.8 Å². The van der Waals surface area contributed by atoms with Crippen LogP contribution in [0.2, 0.25) is 0 Å². The summed E-state index contributed by atoms with van der Waals surface area (Å²) in [6, 6.07) is 11.5. The summed E-state index contributed by atoms with van der Waals surface area (Å²) >= 11 is 0. The molecule has 0 aliphatic heterocycles. The van der Waals surface area contributed by atoms with E-state index in [1.807, 2.05) is 6.07 Å². The van der Waals surface area contributed by atoms with Crippen molar-refractivity contribution in [3.63, 3.8) is 0 Å². The second kappa shape index (κ2) is 9.02.